The Labute approximate surface area is 214 Å². The van der Waals surface area contributed by atoms with Crippen LogP contribution < -0.4 is 10.9 Å². The molecule has 0 aliphatic heterocycles. The number of carboxylic acids is 1. The number of hydrogen-bond acceptors (Lipinski definition) is 4. The van der Waals surface area contributed by atoms with Gasteiger partial charge in [0.15, 0.2) is 0 Å². The lowest BCUT2D eigenvalue weighted by molar-refractivity contribution is -0.142. The van der Waals surface area contributed by atoms with E-state index in [4.69, 9.17) is 5.11 Å². The minimum atomic E-state index is -0.646. The molecule has 1 amide bonds. The van der Waals surface area contributed by atoms with E-state index < -0.39 is 5.97 Å². The van der Waals surface area contributed by atoms with Gasteiger partial charge in [-0.15, -0.1) is 0 Å². The van der Waals surface area contributed by atoms with Gasteiger partial charge in [0.05, 0.1) is 16.7 Å². The molecule has 1 saturated carbocycles. The highest BCUT2D eigenvalue weighted by Gasteiger charge is 2.44. The van der Waals surface area contributed by atoms with E-state index in [1.165, 1.54) is 0 Å². The number of aromatic nitrogens is 3. The van der Waals surface area contributed by atoms with Gasteiger partial charge in [0, 0.05) is 34.8 Å². The van der Waals surface area contributed by atoms with Gasteiger partial charge >= 0.3 is 5.97 Å². The minimum Gasteiger partial charge on any atom is -0.481 e. The van der Waals surface area contributed by atoms with Crippen molar-refractivity contribution in [3.63, 3.8) is 0 Å². The Hall–Kier alpha value is -4.20. The van der Waals surface area contributed by atoms with Crippen molar-refractivity contribution in [2.24, 2.45) is 5.41 Å². The number of aliphatic carboxylic acids is 1. The van der Waals surface area contributed by atoms with Gasteiger partial charge in [-0.3, -0.25) is 14.4 Å². The van der Waals surface area contributed by atoms with Gasteiger partial charge in [-0.1, -0.05) is 30.3 Å². The van der Waals surface area contributed by atoms with Crippen LogP contribution in [0.4, 0.5) is 5.69 Å². The van der Waals surface area contributed by atoms with Crippen LogP contribution in [0.3, 0.4) is 0 Å². The number of fused-ring (bicyclic) bond motifs is 2. The lowest BCUT2D eigenvalue weighted by Gasteiger charge is -2.17. The molecule has 2 aromatic heterocycles. The van der Waals surface area contributed by atoms with Crippen molar-refractivity contribution in [2.75, 3.05) is 5.32 Å². The maximum absolute atomic E-state index is 12.8. The highest BCUT2D eigenvalue weighted by Crippen LogP contribution is 2.44. The standard InChI is InChI=1S/C24H22N4O2.C5H8O2/c29-23(20-14-25-21-11-4-3-9-18(20)21)26-16-7-5-6-15(12-16)13-22-17-8-1-2-10-19(17)24(30)28-27-22;1-5(2-3-5)4(6)7/h3-7,9,11-12,14,25H,1-2,8,10,13H2,(H,26,29)(H,28,30);2-3H2,1H3,(H,6,7). The molecule has 0 bridgehead atoms. The molecule has 0 radical (unpaired) electrons. The fourth-order valence-corrected chi connectivity index (χ4v) is 4.69. The number of nitrogens with one attached hydrogen (secondary N) is 3. The molecule has 190 valence electrons. The van der Waals surface area contributed by atoms with E-state index in [1.807, 2.05) is 48.5 Å². The number of rotatable bonds is 5. The van der Waals surface area contributed by atoms with E-state index >= 15 is 0 Å². The highest BCUT2D eigenvalue weighted by molar-refractivity contribution is 6.12. The summed E-state index contributed by atoms with van der Waals surface area (Å²) in [5.74, 6) is -0.795. The van der Waals surface area contributed by atoms with E-state index in [9.17, 15) is 14.4 Å². The van der Waals surface area contributed by atoms with Crippen LogP contribution in [0.15, 0.2) is 59.5 Å². The lowest BCUT2D eigenvalue weighted by atomic mass is 9.90. The van der Waals surface area contributed by atoms with E-state index in [0.717, 1.165) is 77.5 Å². The van der Waals surface area contributed by atoms with Gasteiger partial charge in [0.25, 0.3) is 11.5 Å². The zero-order valence-electron chi connectivity index (χ0n) is 20.8. The minimum absolute atomic E-state index is 0.0619. The molecule has 0 unspecified atom stereocenters. The van der Waals surface area contributed by atoms with Crippen LogP contribution in [-0.2, 0) is 24.1 Å². The summed E-state index contributed by atoms with van der Waals surface area (Å²) in [7, 11) is 0. The van der Waals surface area contributed by atoms with Crippen LogP contribution in [0.2, 0.25) is 0 Å². The second-order valence-electron chi connectivity index (χ2n) is 10.1. The molecule has 6 rings (SSSR count). The van der Waals surface area contributed by atoms with Crippen LogP contribution in [0.25, 0.3) is 10.9 Å². The third-order valence-electron chi connectivity index (χ3n) is 7.29. The first kappa shape index (κ1) is 24.5. The Bertz CT molecular complexity index is 1530. The van der Waals surface area contributed by atoms with Crippen LogP contribution in [-0.4, -0.2) is 32.2 Å². The van der Waals surface area contributed by atoms with E-state index in [-0.39, 0.29) is 16.9 Å². The van der Waals surface area contributed by atoms with Crippen LogP contribution >= 0.6 is 0 Å². The monoisotopic (exact) mass is 498 g/mol. The third kappa shape index (κ3) is 5.33. The molecule has 37 heavy (non-hydrogen) atoms. The molecular weight excluding hydrogens is 468 g/mol. The van der Waals surface area contributed by atoms with Crippen LogP contribution in [0, 0.1) is 5.41 Å². The zero-order chi connectivity index (χ0) is 26.0. The van der Waals surface area contributed by atoms with Crippen LogP contribution in [0.5, 0.6) is 0 Å². The molecule has 2 aliphatic rings. The summed E-state index contributed by atoms with van der Waals surface area (Å²) in [5.41, 5.74) is 5.84. The second kappa shape index (κ2) is 10.0. The van der Waals surface area contributed by atoms with Gasteiger partial charge < -0.3 is 15.4 Å². The first-order valence-corrected chi connectivity index (χ1v) is 12.6. The summed E-state index contributed by atoms with van der Waals surface area (Å²) in [6.45, 7) is 1.77. The number of carboxylic acid groups (broad SMARTS) is 1. The number of nitrogens with zero attached hydrogens (tertiary/aromatic N) is 1. The summed E-state index contributed by atoms with van der Waals surface area (Å²) >= 11 is 0. The third-order valence-corrected chi connectivity index (χ3v) is 7.29. The van der Waals surface area contributed by atoms with E-state index in [2.05, 4.69) is 20.5 Å². The van der Waals surface area contributed by atoms with Crippen molar-refractivity contribution in [2.45, 2.75) is 51.9 Å². The smallest absolute Gasteiger partial charge is 0.309 e. The molecule has 2 heterocycles. The first-order valence-electron chi connectivity index (χ1n) is 12.6. The molecule has 2 aliphatic carbocycles. The van der Waals surface area contributed by atoms with Crippen LogP contribution in [0.1, 0.15) is 65.3 Å². The highest BCUT2D eigenvalue weighted by atomic mass is 16.4. The summed E-state index contributed by atoms with van der Waals surface area (Å²) in [5, 5.41) is 19.2. The maximum atomic E-state index is 12.8. The predicted octanol–water partition coefficient (Wildman–Crippen LogP) is 4.84. The van der Waals surface area contributed by atoms with Crippen molar-refractivity contribution >= 4 is 28.5 Å². The number of anilines is 1. The van der Waals surface area contributed by atoms with Crippen molar-refractivity contribution < 1.29 is 14.7 Å². The summed E-state index contributed by atoms with van der Waals surface area (Å²) in [6, 6.07) is 15.5. The number of carbonyl (C=O) groups excluding carboxylic acids is 1. The Balaban J connectivity index is 0.000000348. The number of amides is 1. The molecule has 0 spiro atoms. The summed E-state index contributed by atoms with van der Waals surface area (Å²) in [6.07, 6.45) is 7.95. The van der Waals surface area contributed by atoms with Gasteiger partial charge in [-0.25, -0.2) is 5.10 Å². The van der Waals surface area contributed by atoms with Crippen molar-refractivity contribution in [3.05, 3.63) is 93.0 Å². The van der Waals surface area contributed by atoms with Gasteiger partial charge in [0.2, 0.25) is 0 Å². The fourth-order valence-electron chi connectivity index (χ4n) is 4.69. The van der Waals surface area contributed by atoms with E-state index in [1.54, 1.807) is 13.1 Å². The average molecular weight is 499 g/mol. The molecule has 8 nitrogen and oxygen atoms in total. The normalized spacial score (nSPS) is 15.3. The predicted molar refractivity (Wildman–Crippen MR) is 142 cm³/mol. The Kier molecular flexibility index (Phi) is 6.65. The molecule has 8 heteroatoms. The summed E-state index contributed by atoms with van der Waals surface area (Å²) < 4.78 is 0. The number of carbonyl (C=O) groups is 2. The summed E-state index contributed by atoms with van der Waals surface area (Å²) in [4.78, 5) is 38.1. The topological polar surface area (TPSA) is 128 Å². The Morgan fingerprint density at radius 2 is 1.81 bits per heavy atom. The number of hydrogen-bond donors (Lipinski definition) is 4. The van der Waals surface area contributed by atoms with Crippen molar-refractivity contribution in [1.82, 2.24) is 15.2 Å². The SMILES string of the molecule is CC1(C(=O)O)CC1.O=C(Nc1cccc(Cc2n[nH]c(=O)c3c2CCCC3)c1)c1c[nH]c2ccccc12. The van der Waals surface area contributed by atoms with Gasteiger partial charge in [0.1, 0.15) is 0 Å². The molecule has 2 aromatic carbocycles. The Morgan fingerprint density at radius 1 is 1.05 bits per heavy atom. The first-order chi connectivity index (χ1) is 17.8. The lowest BCUT2D eigenvalue weighted by Crippen LogP contribution is -2.23. The average Bonchev–Trinajstić information content (AvgIpc) is 3.52. The fraction of sp³-hybridized carbons (Fsp3) is 0.310. The number of aromatic amines is 2. The molecule has 0 atom stereocenters. The molecule has 1 fully saturated rings. The molecular formula is C29H30N4O4. The maximum Gasteiger partial charge on any atom is 0.309 e. The molecule has 4 aromatic rings. The largest absolute Gasteiger partial charge is 0.481 e. The second-order valence-corrected chi connectivity index (χ2v) is 10.1. The quantitative estimate of drug-likeness (QED) is 0.313. The number of H-pyrrole nitrogens is 2. The number of benzene rings is 2. The molecule has 0 saturated heterocycles. The van der Waals surface area contributed by atoms with Crippen molar-refractivity contribution in [3.8, 4) is 0 Å². The zero-order valence-corrected chi connectivity index (χ0v) is 20.8. The molecule has 4 N–H and O–H groups in total. The van der Waals surface area contributed by atoms with Crippen molar-refractivity contribution in [1.29, 1.82) is 0 Å². The van der Waals surface area contributed by atoms with Gasteiger partial charge in [-0.2, -0.15) is 5.10 Å². The van der Waals surface area contributed by atoms with Gasteiger partial charge in [-0.05, 0) is 74.8 Å². The van der Waals surface area contributed by atoms with E-state index in [0.29, 0.717) is 12.0 Å². The number of para-hydroxylation sites is 1. The Morgan fingerprint density at radius 3 is 2.54 bits per heavy atom.